The number of carboxylic acids is 1. The molecule has 2 N–H and O–H groups in total. The maximum absolute atomic E-state index is 11.4. The zero-order valence-electron chi connectivity index (χ0n) is 9.98. The fourth-order valence-corrected chi connectivity index (χ4v) is 3.59. The lowest BCUT2D eigenvalue weighted by Crippen LogP contribution is -2.40. The number of rotatable bonds is 5. The highest BCUT2D eigenvalue weighted by atomic mass is 32.2. The van der Waals surface area contributed by atoms with Crippen molar-refractivity contribution >= 4 is 15.8 Å². The molecule has 1 fully saturated rings. The van der Waals surface area contributed by atoms with Gasteiger partial charge >= 0.3 is 5.97 Å². The predicted octanol–water partition coefficient (Wildman–Crippen LogP) is 0.574. The molecule has 6 heteroatoms. The average molecular weight is 261 g/mol. The van der Waals surface area contributed by atoms with Gasteiger partial charge in [-0.05, 0) is 19.3 Å². The van der Waals surface area contributed by atoms with Crippen LogP contribution in [0.3, 0.4) is 0 Å². The molecule has 1 heterocycles. The van der Waals surface area contributed by atoms with E-state index >= 15 is 0 Å². The highest BCUT2D eigenvalue weighted by Gasteiger charge is 2.23. The van der Waals surface area contributed by atoms with Gasteiger partial charge in [-0.1, -0.05) is 13.0 Å². The van der Waals surface area contributed by atoms with Gasteiger partial charge in [-0.3, -0.25) is 0 Å². The van der Waals surface area contributed by atoms with E-state index in [-0.39, 0.29) is 17.5 Å². The van der Waals surface area contributed by atoms with Crippen molar-refractivity contribution in [3.05, 3.63) is 11.6 Å². The Labute approximate surface area is 102 Å². The minimum absolute atomic E-state index is 0.0445. The van der Waals surface area contributed by atoms with E-state index in [1.54, 1.807) is 13.0 Å². The van der Waals surface area contributed by atoms with Crippen molar-refractivity contribution in [3.8, 4) is 0 Å². The van der Waals surface area contributed by atoms with Gasteiger partial charge in [0.25, 0.3) is 0 Å². The Bertz CT molecular complexity index is 400. The first-order valence-electron chi connectivity index (χ1n) is 5.80. The molecule has 0 amide bonds. The van der Waals surface area contributed by atoms with Crippen LogP contribution in [0, 0.1) is 0 Å². The molecule has 1 rings (SSSR count). The first-order valence-corrected chi connectivity index (χ1v) is 7.63. The van der Waals surface area contributed by atoms with Crippen LogP contribution in [0.5, 0.6) is 0 Å². The fraction of sp³-hybridized carbons (Fsp3) is 0.727. The molecule has 0 radical (unpaired) electrons. The summed E-state index contributed by atoms with van der Waals surface area (Å²) in [5.41, 5.74) is 0.358. The predicted molar refractivity (Wildman–Crippen MR) is 65.7 cm³/mol. The van der Waals surface area contributed by atoms with Crippen molar-refractivity contribution in [2.45, 2.75) is 32.2 Å². The van der Waals surface area contributed by atoms with Crippen LogP contribution in [0.1, 0.15) is 26.2 Å². The largest absolute Gasteiger partial charge is 0.478 e. The van der Waals surface area contributed by atoms with Gasteiger partial charge in [0.2, 0.25) is 0 Å². The normalized spacial score (nSPS) is 24.5. The number of sulfone groups is 1. The average Bonchev–Trinajstić information content (AvgIpc) is 2.22. The maximum Gasteiger partial charge on any atom is 0.331 e. The zero-order chi connectivity index (χ0) is 12.9. The minimum Gasteiger partial charge on any atom is -0.478 e. The van der Waals surface area contributed by atoms with Crippen LogP contribution >= 0.6 is 0 Å². The van der Waals surface area contributed by atoms with Gasteiger partial charge in [0.05, 0.1) is 11.5 Å². The summed E-state index contributed by atoms with van der Waals surface area (Å²) in [5, 5.41) is 11.9. The third-order valence-corrected chi connectivity index (χ3v) is 4.69. The van der Waals surface area contributed by atoms with E-state index in [1.165, 1.54) is 0 Å². The molecule has 0 aliphatic carbocycles. The first-order chi connectivity index (χ1) is 7.94. The van der Waals surface area contributed by atoms with Crippen LogP contribution in [-0.4, -0.2) is 43.6 Å². The van der Waals surface area contributed by atoms with Crippen molar-refractivity contribution < 1.29 is 18.3 Å². The van der Waals surface area contributed by atoms with Crippen molar-refractivity contribution in [3.63, 3.8) is 0 Å². The first kappa shape index (κ1) is 14.2. The molecule has 1 saturated heterocycles. The van der Waals surface area contributed by atoms with Crippen molar-refractivity contribution in [2.75, 3.05) is 18.1 Å². The highest BCUT2D eigenvalue weighted by molar-refractivity contribution is 7.91. The van der Waals surface area contributed by atoms with Crippen molar-refractivity contribution in [2.24, 2.45) is 0 Å². The molecule has 98 valence electrons. The summed E-state index contributed by atoms with van der Waals surface area (Å²) in [6.07, 6.45) is 3.61. The lowest BCUT2D eigenvalue weighted by atomic mass is 10.1. The molecule has 1 aliphatic heterocycles. The van der Waals surface area contributed by atoms with Gasteiger partial charge in [0.1, 0.15) is 0 Å². The SMILES string of the molecule is CCC(=CCNC1CCCS(=O)(=O)C1)C(=O)O. The van der Waals surface area contributed by atoms with Gasteiger partial charge < -0.3 is 10.4 Å². The standard InChI is InChI=1S/C11H19NO4S/c1-2-9(11(13)14)5-6-12-10-4-3-7-17(15,16)8-10/h5,10,12H,2-4,6-8H2,1H3,(H,13,14). The van der Waals surface area contributed by atoms with Crippen LogP contribution in [-0.2, 0) is 14.6 Å². The molecule has 5 nitrogen and oxygen atoms in total. The second kappa shape index (κ2) is 6.16. The molecular weight excluding hydrogens is 242 g/mol. The number of hydrogen-bond donors (Lipinski definition) is 2. The number of carboxylic acid groups (broad SMARTS) is 1. The van der Waals surface area contributed by atoms with Crippen molar-refractivity contribution in [1.82, 2.24) is 5.32 Å². The van der Waals surface area contributed by atoms with Gasteiger partial charge in [-0.15, -0.1) is 0 Å². The topological polar surface area (TPSA) is 83.5 Å². The van der Waals surface area contributed by atoms with Gasteiger partial charge in [0.15, 0.2) is 9.84 Å². The van der Waals surface area contributed by atoms with Gasteiger partial charge in [-0.25, -0.2) is 13.2 Å². The molecule has 1 unspecified atom stereocenters. The number of hydrogen-bond acceptors (Lipinski definition) is 4. The summed E-state index contributed by atoms with van der Waals surface area (Å²) in [6.45, 7) is 2.20. The Hall–Kier alpha value is -0.880. The number of nitrogens with one attached hydrogen (secondary N) is 1. The third kappa shape index (κ3) is 4.87. The summed E-state index contributed by atoms with van der Waals surface area (Å²) in [7, 11) is -2.90. The van der Waals surface area contributed by atoms with Crippen LogP contribution in [0.2, 0.25) is 0 Å². The van der Waals surface area contributed by atoms with Crippen molar-refractivity contribution in [1.29, 1.82) is 0 Å². The van der Waals surface area contributed by atoms with E-state index in [9.17, 15) is 13.2 Å². The summed E-state index contributed by atoms with van der Waals surface area (Å²) in [4.78, 5) is 10.7. The van der Waals surface area contributed by atoms with E-state index in [1.807, 2.05) is 0 Å². The van der Waals surface area contributed by atoms with E-state index in [4.69, 9.17) is 5.11 Å². The van der Waals surface area contributed by atoms with Crippen LogP contribution in [0.4, 0.5) is 0 Å². The molecule has 0 aromatic carbocycles. The smallest absolute Gasteiger partial charge is 0.331 e. The van der Waals surface area contributed by atoms with Crippen LogP contribution in [0.25, 0.3) is 0 Å². The van der Waals surface area contributed by atoms with E-state index in [0.29, 0.717) is 25.0 Å². The zero-order valence-corrected chi connectivity index (χ0v) is 10.8. The summed E-state index contributed by atoms with van der Waals surface area (Å²) >= 11 is 0. The number of carbonyl (C=O) groups is 1. The molecule has 17 heavy (non-hydrogen) atoms. The molecule has 1 aliphatic rings. The fourth-order valence-electron chi connectivity index (χ4n) is 1.92. The lowest BCUT2D eigenvalue weighted by molar-refractivity contribution is -0.132. The molecule has 0 spiro atoms. The Morgan fingerprint density at radius 3 is 2.76 bits per heavy atom. The molecule has 0 aromatic heterocycles. The van der Waals surface area contributed by atoms with Gasteiger partial charge in [0, 0.05) is 18.2 Å². The maximum atomic E-state index is 11.4. The Morgan fingerprint density at radius 2 is 2.24 bits per heavy atom. The highest BCUT2D eigenvalue weighted by Crippen LogP contribution is 2.11. The molecule has 1 atom stereocenters. The minimum atomic E-state index is -2.90. The van der Waals surface area contributed by atoms with E-state index < -0.39 is 15.8 Å². The van der Waals surface area contributed by atoms with Crippen LogP contribution < -0.4 is 5.32 Å². The molecule has 0 aromatic rings. The van der Waals surface area contributed by atoms with E-state index in [0.717, 1.165) is 6.42 Å². The van der Waals surface area contributed by atoms with Crippen LogP contribution in [0.15, 0.2) is 11.6 Å². The second-order valence-corrected chi connectivity index (χ2v) is 6.48. The lowest BCUT2D eigenvalue weighted by Gasteiger charge is -2.22. The molecular formula is C11H19NO4S. The Morgan fingerprint density at radius 1 is 1.53 bits per heavy atom. The Kier molecular flexibility index (Phi) is 5.14. The number of aliphatic carboxylic acids is 1. The Balaban J connectivity index is 2.43. The quantitative estimate of drug-likeness (QED) is 0.707. The molecule has 0 bridgehead atoms. The van der Waals surface area contributed by atoms with Gasteiger partial charge in [-0.2, -0.15) is 0 Å². The summed E-state index contributed by atoms with van der Waals surface area (Å²) < 4.78 is 22.7. The second-order valence-electron chi connectivity index (χ2n) is 4.25. The molecule has 0 saturated carbocycles. The summed E-state index contributed by atoms with van der Waals surface area (Å²) in [5.74, 6) is -0.475. The third-order valence-electron chi connectivity index (χ3n) is 2.87. The monoisotopic (exact) mass is 261 g/mol. The van der Waals surface area contributed by atoms with E-state index in [2.05, 4.69) is 5.32 Å². The summed E-state index contributed by atoms with van der Waals surface area (Å²) in [6, 6.07) is -0.0445.